The Morgan fingerprint density at radius 3 is 2.53 bits per heavy atom. The smallest absolute Gasteiger partial charge is 0.318 e. The first-order chi connectivity index (χ1) is 17.3. The van der Waals surface area contributed by atoms with Gasteiger partial charge in [0.2, 0.25) is 12.5 Å². The Balaban J connectivity index is 1.46. The SMILES string of the molecule is O=C1/C(=C\c2ccccc2Oc2ccc([N+](=O)[O-])cc2[N+](=O)[O-])SC(=S)N1c1ccc2c(c1)OCO2. The molecule has 3 aromatic carbocycles. The van der Waals surface area contributed by atoms with Crippen LogP contribution in [0.25, 0.3) is 6.08 Å². The molecule has 0 unspecified atom stereocenters. The molecule has 2 aliphatic heterocycles. The number of thiocarbonyl (C=S) groups is 1. The van der Waals surface area contributed by atoms with E-state index in [2.05, 4.69) is 0 Å². The van der Waals surface area contributed by atoms with Crippen LogP contribution < -0.4 is 19.1 Å². The number of fused-ring (bicyclic) bond motifs is 1. The van der Waals surface area contributed by atoms with Crippen molar-refractivity contribution in [2.45, 2.75) is 0 Å². The fraction of sp³-hybridized carbons (Fsp3) is 0.0435. The van der Waals surface area contributed by atoms with E-state index in [1.165, 1.54) is 4.90 Å². The molecule has 1 saturated heterocycles. The zero-order valence-corrected chi connectivity index (χ0v) is 19.6. The van der Waals surface area contributed by atoms with Crippen LogP contribution >= 0.6 is 24.0 Å². The minimum Gasteiger partial charge on any atom is -0.454 e. The van der Waals surface area contributed by atoms with Crippen LogP contribution in [0.15, 0.2) is 65.6 Å². The molecular formula is C23H13N3O8S2. The maximum atomic E-state index is 13.2. The van der Waals surface area contributed by atoms with E-state index in [0.717, 1.165) is 30.0 Å². The maximum Gasteiger partial charge on any atom is 0.318 e. The van der Waals surface area contributed by atoms with Crippen molar-refractivity contribution in [1.29, 1.82) is 0 Å². The Bertz CT molecular complexity index is 1490. The van der Waals surface area contributed by atoms with E-state index in [-0.39, 0.29) is 24.2 Å². The normalized spacial score (nSPS) is 15.4. The molecule has 11 nitrogen and oxygen atoms in total. The first-order valence-corrected chi connectivity index (χ1v) is 11.4. The minimum atomic E-state index is -0.762. The maximum absolute atomic E-state index is 13.2. The predicted molar refractivity (Wildman–Crippen MR) is 134 cm³/mol. The van der Waals surface area contributed by atoms with Gasteiger partial charge in [-0.25, -0.2) is 0 Å². The third-order valence-electron chi connectivity index (χ3n) is 5.18. The Morgan fingerprint density at radius 2 is 1.75 bits per heavy atom. The Labute approximate surface area is 212 Å². The highest BCUT2D eigenvalue weighted by atomic mass is 32.2. The third-order valence-corrected chi connectivity index (χ3v) is 6.49. The van der Waals surface area contributed by atoms with Crippen molar-refractivity contribution < 1.29 is 28.9 Å². The van der Waals surface area contributed by atoms with Crippen LogP contribution in [0.3, 0.4) is 0 Å². The van der Waals surface area contributed by atoms with Gasteiger partial charge >= 0.3 is 5.69 Å². The largest absolute Gasteiger partial charge is 0.454 e. The summed E-state index contributed by atoms with van der Waals surface area (Å²) in [4.78, 5) is 35.9. The summed E-state index contributed by atoms with van der Waals surface area (Å²) in [7, 11) is 0. The van der Waals surface area contributed by atoms with Gasteiger partial charge in [-0.1, -0.05) is 42.2 Å². The summed E-state index contributed by atoms with van der Waals surface area (Å²) in [6.07, 6.45) is 1.57. The molecule has 36 heavy (non-hydrogen) atoms. The van der Waals surface area contributed by atoms with Crippen molar-refractivity contribution in [2.24, 2.45) is 0 Å². The van der Waals surface area contributed by atoms with Gasteiger partial charge in [0.25, 0.3) is 11.6 Å². The number of nitro groups is 2. The van der Waals surface area contributed by atoms with Gasteiger partial charge in [0.15, 0.2) is 15.8 Å². The second-order valence-corrected chi connectivity index (χ2v) is 9.04. The molecule has 0 saturated carbocycles. The van der Waals surface area contributed by atoms with E-state index in [1.807, 2.05) is 0 Å². The fourth-order valence-electron chi connectivity index (χ4n) is 3.52. The van der Waals surface area contributed by atoms with E-state index in [1.54, 1.807) is 48.5 Å². The van der Waals surface area contributed by atoms with Crippen molar-refractivity contribution in [3.63, 3.8) is 0 Å². The third kappa shape index (κ3) is 4.32. The number of amides is 1. The molecule has 0 aromatic heterocycles. The second-order valence-electron chi connectivity index (χ2n) is 7.36. The van der Waals surface area contributed by atoms with E-state index < -0.39 is 21.2 Å². The van der Waals surface area contributed by atoms with Crippen LogP contribution in [0.1, 0.15) is 5.56 Å². The molecule has 3 aromatic rings. The molecule has 0 radical (unpaired) electrons. The standard InChI is InChI=1S/C23H13N3O8S2/c27-22-21(36-23(35)24(22)14-5-8-19-20(11-14)33-12-32-19)9-13-3-1-2-4-17(13)34-18-7-6-15(25(28)29)10-16(18)26(30)31/h1-11H,12H2/b21-9+. The summed E-state index contributed by atoms with van der Waals surface area (Å²) < 4.78 is 16.8. The summed E-state index contributed by atoms with van der Waals surface area (Å²) in [6.45, 7) is 0.0980. The van der Waals surface area contributed by atoms with Crippen molar-refractivity contribution >= 4 is 57.3 Å². The lowest BCUT2D eigenvalue weighted by Gasteiger charge is -2.14. The quantitative estimate of drug-likeness (QED) is 0.178. The van der Waals surface area contributed by atoms with E-state index in [0.29, 0.717) is 32.0 Å². The highest BCUT2D eigenvalue weighted by Crippen LogP contribution is 2.42. The Kier molecular flexibility index (Phi) is 6.00. The highest BCUT2D eigenvalue weighted by Gasteiger charge is 2.34. The lowest BCUT2D eigenvalue weighted by molar-refractivity contribution is -0.394. The number of thioether (sulfide) groups is 1. The van der Waals surface area contributed by atoms with Gasteiger partial charge in [0.05, 0.1) is 26.5 Å². The van der Waals surface area contributed by atoms with Gasteiger partial charge in [-0.2, -0.15) is 0 Å². The summed E-state index contributed by atoms with van der Waals surface area (Å²) in [5.74, 6) is 0.752. The number of anilines is 1. The number of hydrogen-bond donors (Lipinski definition) is 0. The number of carbonyl (C=O) groups excluding carboxylic acids is 1. The lowest BCUT2D eigenvalue weighted by atomic mass is 10.1. The van der Waals surface area contributed by atoms with Crippen molar-refractivity contribution in [1.82, 2.24) is 0 Å². The molecule has 0 N–H and O–H groups in total. The average Bonchev–Trinajstić information content (AvgIpc) is 3.43. The topological polar surface area (TPSA) is 134 Å². The minimum absolute atomic E-state index is 0.0980. The van der Waals surface area contributed by atoms with E-state index in [4.69, 9.17) is 26.4 Å². The monoisotopic (exact) mass is 523 g/mol. The van der Waals surface area contributed by atoms with Crippen LogP contribution in [0.4, 0.5) is 17.1 Å². The number of nitrogens with zero attached hydrogens (tertiary/aromatic N) is 3. The van der Waals surface area contributed by atoms with Crippen LogP contribution in [-0.4, -0.2) is 26.9 Å². The van der Waals surface area contributed by atoms with Gasteiger partial charge in [0.1, 0.15) is 5.75 Å². The average molecular weight is 524 g/mol. The van der Waals surface area contributed by atoms with Crippen molar-refractivity contribution in [2.75, 3.05) is 11.7 Å². The predicted octanol–water partition coefficient (Wildman–Crippen LogP) is 5.43. The van der Waals surface area contributed by atoms with E-state index in [9.17, 15) is 25.0 Å². The molecule has 0 bridgehead atoms. The Hall–Kier alpha value is -4.49. The first-order valence-electron chi connectivity index (χ1n) is 10.2. The van der Waals surface area contributed by atoms with Gasteiger partial charge in [0, 0.05) is 17.7 Å². The number of para-hydroxylation sites is 1. The zero-order chi connectivity index (χ0) is 25.4. The van der Waals surface area contributed by atoms with Crippen molar-refractivity contribution in [3.05, 3.63) is 91.4 Å². The number of non-ortho nitro benzene ring substituents is 1. The molecule has 0 spiro atoms. The lowest BCUT2D eigenvalue weighted by Crippen LogP contribution is -2.27. The van der Waals surface area contributed by atoms with Gasteiger partial charge < -0.3 is 14.2 Å². The molecule has 1 amide bonds. The molecule has 1 fully saturated rings. The molecule has 5 rings (SSSR count). The molecular weight excluding hydrogens is 510 g/mol. The van der Waals surface area contributed by atoms with Crippen LogP contribution in [0.5, 0.6) is 23.0 Å². The fourth-order valence-corrected chi connectivity index (χ4v) is 4.81. The number of carbonyl (C=O) groups is 1. The molecule has 2 heterocycles. The second kappa shape index (κ2) is 9.28. The van der Waals surface area contributed by atoms with Crippen molar-refractivity contribution in [3.8, 4) is 23.0 Å². The van der Waals surface area contributed by atoms with Gasteiger partial charge in [-0.15, -0.1) is 0 Å². The number of ether oxygens (including phenoxy) is 3. The molecule has 180 valence electrons. The summed E-state index contributed by atoms with van der Waals surface area (Å²) >= 11 is 6.52. The molecule has 13 heteroatoms. The number of rotatable bonds is 6. The number of benzene rings is 3. The van der Waals surface area contributed by atoms with Gasteiger partial charge in [-0.05, 0) is 30.3 Å². The molecule has 0 atom stereocenters. The molecule has 0 aliphatic carbocycles. The van der Waals surface area contributed by atoms with Crippen LogP contribution in [-0.2, 0) is 4.79 Å². The van der Waals surface area contributed by atoms with Crippen LogP contribution in [0, 0.1) is 20.2 Å². The first kappa shape index (κ1) is 23.3. The van der Waals surface area contributed by atoms with Gasteiger partial charge in [-0.3, -0.25) is 29.9 Å². The van der Waals surface area contributed by atoms with E-state index >= 15 is 0 Å². The van der Waals surface area contributed by atoms with Crippen LogP contribution in [0.2, 0.25) is 0 Å². The molecule has 2 aliphatic rings. The number of nitro benzene ring substituents is 2. The summed E-state index contributed by atoms with van der Waals surface area (Å²) in [5, 5.41) is 22.5. The highest BCUT2D eigenvalue weighted by molar-refractivity contribution is 8.27. The Morgan fingerprint density at radius 1 is 0.972 bits per heavy atom. The summed E-state index contributed by atoms with van der Waals surface area (Å²) in [5.41, 5.74) is -0.0183. The zero-order valence-electron chi connectivity index (χ0n) is 18.0. The summed E-state index contributed by atoms with van der Waals surface area (Å²) in [6, 6.07) is 14.8. The number of hydrogen-bond acceptors (Lipinski definition) is 10.